The summed E-state index contributed by atoms with van der Waals surface area (Å²) in [5, 5.41) is 2.80. The molecule has 3 rings (SSSR count). The van der Waals surface area contributed by atoms with Gasteiger partial charge < -0.3 is 14.5 Å². The molecule has 0 aliphatic heterocycles. The molecule has 0 aliphatic carbocycles. The van der Waals surface area contributed by atoms with E-state index in [1.165, 1.54) is 18.4 Å². The van der Waals surface area contributed by atoms with Crippen LogP contribution in [0.15, 0.2) is 80.7 Å². The number of halogens is 1. The molecule has 0 aliphatic rings. The van der Waals surface area contributed by atoms with Crippen LogP contribution >= 0.6 is 15.9 Å². The summed E-state index contributed by atoms with van der Waals surface area (Å²) in [6, 6.07) is 16.0. The molecule has 0 unspecified atom stereocenters. The van der Waals surface area contributed by atoms with Crippen molar-refractivity contribution in [3.8, 4) is 5.75 Å². The maximum absolute atomic E-state index is 12.8. The highest BCUT2D eigenvalue weighted by atomic mass is 79.9. The molecule has 0 bridgehead atoms. The first kappa shape index (κ1) is 22.1. The third-order valence-electron chi connectivity index (χ3n) is 4.35. The van der Waals surface area contributed by atoms with Gasteiger partial charge in [-0.2, -0.15) is 4.72 Å². The van der Waals surface area contributed by atoms with E-state index in [1.807, 2.05) is 12.1 Å². The van der Waals surface area contributed by atoms with E-state index in [-0.39, 0.29) is 17.2 Å². The van der Waals surface area contributed by atoms with Crippen LogP contribution in [0.5, 0.6) is 5.75 Å². The third kappa shape index (κ3) is 5.94. The van der Waals surface area contributed by atoms with Crippen molar-refractivity contribution in [1.29, 1.82) is 0 Å². The van der Waals surface area contributed by atoms with Crippen molar-refractivity contribution in [2.45, 2.75) is 23.9 Å². The summed E-state index contributed by atoms with van der Waals surface area (Å²) in [7, 11) is -2.26. The number of ether oxygens (including phenoxy) is 1. The van der Waals surface area contributed by atoms with Crippen LogP contribution in [0.3, 0.4) is 0 Å². The predicted molar refractivity (Wildman–Crippen MR) is 115 cm³/mol. The van der Waals surface area contributed by atoms with Crippen LogP contribution in [-0.2, 0) is 21.4 Å². The summed E-state index contributed by atoms with van der Waals surface area (Å²) >= 11 is 3.28. The number of nitrogens with one attached hydrogen (secondary N) is 2. The van der Waals surface area contributed by atoms with Gasteiger partial charge in [0, 0.05) is 11.0 Å². The summed E-state index contributed by atoms with van der Waals surface area (Å²) in [6.07, 6.45) is 1.32. The Morgan fingerprint density at radius 2 is 1.80 bits per heavy atom. The molecule has 158 valence electrons. The number of hydrogen-bond acceptors (Lipinski definition) is 5. The van der Waals surface area contributed by atoms with Gasteiger partial charge in [-0.25, -0.2) is 8.42 Å². The maximum Gasteiger partial charge on any atom is 0.241 e. The van der Waals surface area contributed by atoms with Crippen LogP contribution < -0.4 is 14.8 Å². The van der Waals surface area contributed by atoms with Crippen molar-refractivity contribution < 1.29 is 22.4 Å². The fraction of sp³-hybridized carbons (Fsp3) is 0.190. The Labute approximate surface area is 183 Å². The average molecular weight is 493 g/mol. The van der Waals surface area contributed by atoms with Crippen LogP contribution in [0.4, 0.5) is 0 Å². The SMILES string of the molecule is COc1ccc(CNC(=O)C[C@H](NS(=O)(=O)c2ccc(Br)cc2)c2ccco2)cc1. The van der Waals surface area contributed by atoms with Crippen LogP contribution in [0.25, 0.3) is 0 Å². The van der Waals surface area contributed by atoms with Crippen LogP contribution in [0.1, 0.15) is 23.8 Å². The minimum atomic E-state index is -3.85. The van der Waals surface area contributed by atoms with E-state index < -0.39 is 16.1 Å². The minimum Gasteiger partial charge on any atom is -0.497 e. The number of methoxy groups -OCH3 is 1. The summed E-state index contributed by atoms with van der Waals surface area (Å²) in [6.45, 7) is 0.313. The molecule has 1 heterocycles. The van der Waals surface area contributed by atoms with Gasteiger partial charge in [0.15, 0.2) is 0 Å². The Morgan fingerprint density at radius 1 is 1.10 bits per heavy atom. The molecule has 2 aromatic carbocycles. The zero-order valence-electron chi connectivity index (χ0n) is 16.2. The van der Waals surface area contributed by atoms with Crippen LogP contribution in [-0.4, -0.2) is 21.4 Å². The summed E-state index contributed by atoms with van der Waals surface area (Å²) in [5.41, 5.74) is 0.897. The fourth-order valence-electron chi connectivity index (χ4n) is 2.76. The van der Waals surface area contributed by atoms with Gasteiger partial charge >= 0.3 is 0 Å². The van der Waals surface area contributed by atoms with Crippen molar-refractivity contribution in [3.05, 3.63) is 82.7 Å². The Bertz CT molecular complexity index is 1070. The Hall–Kier alpha value is -2.62. The second-order valence-electron chi connectivity index (χ2n) is 6.47. The topological polar surface area (TPSA) is 97.6 Å². The van der Waals surface area contributed by atoms with E-state index in [0.717, 1.165) is 15.8 Å². The van der Waals surface area contributed by atoms with Gasteiger partial charge in [-0.05, 0) is 54.1 Å². The Morgan fingerprint density at radius 3 is 2.40 bits per heavy atom. The quantitative estimate of drug-likeness (QED) is 0.473. The van der Waals surface area contributed by atoms with Crippen LogP contribution in [0.2, 0.25) is 0 Å². The fourth-order valence-corrected chi connectivity index (χ4v) is 4.23. The number of carbonyl (C=O) groups is 1. The number of rotatable bonds is 9. The Kier molecular flexibility index (Phi) is 7.30. The van der Waals surface area contributed by atoms with E-state index in [9.17, 15) is 13.2 Å². The van der Waals surface area contributed by atoms with E-state index >= 15 is 0 Å². The highest BCUT2D eigenvalue weighted by Gasteiger charge is 2.25. The second kappa shape index (κ2) is 9.92. The summed E-state index contributed by atoms with van der Waals surface area (Å²) in [5.74, 6) is 0.770. The number of carbonyl (C=O) groups excluding carboxylic acids is 1. The van der Waals surface area contributed by atoms with Gasteiger partial charge in [-0.1, -0.05) is 28.1 Å². The zero-order chi connectivity index (χ0) is 21.6. The molecule has 7 nitrogen and oxygen atoms in total. The Balaban J connectivity index is 1.68. The lowest BCUT2D eigenvalue weighted by atomic mass is 10.1. The first-order valence-electron chi connectivity index (χ1n) is 9.08. The minimum absolute atomic E-state index is 0.0981. The monoisotopic (exact) mass is 492 g/mol. The molecule has 0 spiro atoms. The normalized spacial score (nSPS) is 12.3. The first-order valence-corrected chi connectivity index (χ1v) is 11.4. The highest BCUT2D eigenvalue weighted by molar-refractivity contribution is 9.10. The lowest BCUT2D eigenvalue weighted by molar-refractivity contribution is -0.121. The van der Waals surface area contributed by atoms with Gasteiger partial charge in [-0.15, -0.1) is 0 Å². The van der Waals surface area contributed by atoms with E-state index in [2.05, 4.69) is 26.0 Å². The summed E-state index contributed by atoms with van der Waals surface area (Å²) < 4.78 is 39.3. The predicted octanol–water partition coefficient (Wildman–Crippen LogP) is 3.78. The second-order valence-corrected chi connectivity index (χ2v) is 9.10. The molecule has 0 saturated carbocycles. The van der Waals surface area contributed by atoms with Crippen LogP contribution in [0, 0.1) is 0 Å². The average Bonchev–Trinajstić information content (AvgIpc) is 3.27. The summed E-state index contributed by atoms with van der Waals surface area (Å²) in [4.78, 5) is 12.6. The number of furan rings is 1. The van der Waals surface area contributed by atoms with E-state index in [4.69, 9.17) is 9.15 Å². The lowest BCUT2D eigenvalue weighted by Gasteiger charge is -2.17. The molecule has 1 atom stereocenters. The maximum atomic E-state index is 12.8. The number of hydrogen-bond donors (Lipinski definition) is 2. The largest absolute Gasteiger partial charge is 0.497 e. The van der Waals surface area contributed by atoms with Gasteiger partial charge in [0.1, 0.15) is 11.5 Å². The molecule has 1 aromatic heterocycles. The number of benzene rings is 2. The molecule has 0 saturated heterocycles. The number of sulfonamides is 1. The van der Waals surface area contributed by atoms with Crippen molar-refractivity contribution in [2.24, 2.45) is 0 Å². The molecule has 0 fully saturated rings. The molecule has 9 heteroatoms. The van der Waals surface area contributed by atoms with Crippen molar-refractivity contribution in [1.82, 2.24) is 10.0 Å². The van der Waals surface area contributed by atoms with Crippen molar-refractivity contribution in [2.75, 3.05) is 7.11 Å². The standard InChI is InChI=1S/C21H21BrN2O5S/c1-28-17-8-4-15(5-9-17)14-23-21(25)13-19(20-3-2-12-29-20)24-30(26,27)18-10-6-16(22)7-11-18/h2-12,19,24H,13-14H2,1H3,(H,23,25)/t19-/m0/s1. The smallest absolute Gasteiger partial charge is 0.241 e. The van der Waals surface area contributed by atoms with Crippen molar-refractivity contribution >= 4 is 31.9 Å². The van der Waals surface area contributed by atoms with E-state index in [0.29, 0.717) is 12.3 Å². The lowest BCUT2D eigenvalue weighted by Crippen LogP contribution is -2.33. The third-order valence-corrected chi connectivity index (χ3v) is 6.36. The van der Waals surface area contributed by atoms with Gasteiger partial charge in [0.2, 0.25) is 15.9 Å². The molecule has 30 heavy (non-hydrogen) atoms. The highest BCUT2D eigenvalue weighted by Crippen LogP contribution is 2.22. The molecular weight excluding hydrogens is 472 g/mol. The molecule has 0 radical (unpaired) electrons. The van der Waals surface area contributed by atoms with Crippen molar-refractivity contribution in [3.63, 3.8) is 0 Å². The molecule has 2 N–H and O–H groups in total. The first-order chi connectivity index (χ1) is 14.4. The molecule has 3 aromatic rings. The van der Waals surface area contributed by atoms with Gasteiger partial charge in [0.25, 0.3) is 0 Å². The van der Waals surface area contributed by atoms with Gasteiger partial charge in [-0.3, -0.25) is 4.79 Å². The molecule has 1 amide bonds. The number of amides is 1. The van der Waals surface area contributed by atoms with E-state index in [1.54, 1.807) is 43.5 Å². The zero-order valence-corrected chi connectivity index (χ0v) is 18.6. The molecular formula is C21H21BrN2O5S. The van der Waals surface area contributed by atoms with Gasteiger partial charge in [0.05, 0.1) is 30.7 Å².